The standard InChI is InChI=1S/C8H11N3O3/c1-14-8(13)5-9-7(12)4-6-2-3-10-11-6/h2-3H,4-5H2,1H3,(H,9,12)(H,10,11). The number of ether oxygens (including phenoxy) is 1. The third kappa shape index (κ3) is 3.26. The highest BCUT2D eigenvalue weighted by molar-refractivity contribution is 5.82. The van der Waals surface area contributed by atoms with E-state index >= 15 is 0 Å². The van der Waals surface area contributed by atoms with E-state index in [2.05, 4.69) is 20.3 Å². The highest BCUT2D eigenvalue weighted by atomic mass is 16.5. The lowest BCUT2D eigenvalue weighted by atomic mass is 10.3. The number of nitrogens with zero attached hydrogens (tertiary/aromatic N) is 1. The van der Waals surface area contributed by atoms with Gasteiger partial charge in [0.25, 0.3) is 0 Å². The third-order valence-electron chi connectivity index (χ3n) is 1.57. The summed E-state index contributed by atoms with van der Waals surface area (Å²) in [5, 5.41) is 8.74. The Morgan fingerprint density at radius 3 is 3.00 bits per heavy atom. The molecule has 76 valence electrons. The summed E-state index contributed by atoms with van der Waals surface area (Å²) in [6.07, 6.45) is 1.74. The van der Waals surface area contributed by atoms with E-state index in [0.717, 1.165) is 0 Å². The summed E-state index contributed by atoms with van der Waals surface area (Å²) in [5.41, 5.74) is 0.701. The minimum Gasteiger partial charge on any atom is -0.468 e. The lowest BCUT2D eigenvalue weighted by molar-refractivity contribution is -0.141. The number of hydrogen-bond acceptors (Lipinski definition) is 4. The van der Waals surface area contributed by atoms with Crippen molar-refractivity contribution in [1.82, 2.24) is 15.5 Å². The summed E-state index contributed by atoms with van der Waals surface area (Å²) in [6, 6.07) is 1.69. The van der Waals surface area contributed by atoms with Crippen molar-refractivity contribution in [3.63, 3.8) is 0 Å². The quantitative estimate of drug-likeness (QED) is 0.621. The van der Waals surface area contributed by atoms with Crippen molar-refractivity contribution in [2.75, 3.05) is 13.7 Å². The molecule has 0 aliphatic carbocycles. The summed E-state index contributed by atoms with van der Waals surface area (Å²) >= 11 is 0. The largest absolute Gasteiger partial charge is 0.468 e. The number of hydrogen-bond donors (Lipinski definition) is 2. The summed E-state index contributed by atoms with van der Waals surface area (Å²) in [7, 11) is 1.27. The van der Waals surface area contributed by atoms with Gasteiger partial charge >= 0.3 is 5.97 Å². The summed E-state index contributed by atoms with van der Waals surface area (Å²) < 4.78 is 4.36. The third-order valence-corrected chi connectivity index (χ3v) is 1.57. The topological polar surface area (TPSA) is 84.1 Å². The Morgan fingerprint density at radius 2 is 2.43 bits per heavy atom. The van der Waals surface area contributed by atoms with Crippen molar-refractivity contribution in [2.45, 2.75) is 6.42 Å². The molecular formula is C8H11N3O3. The highest BCUT2D eigenvalue weighted by Gasteiger charge is 2.06. The molecule has 0 unspecified atom stereocenters. The van der Waals surface area contributed by atoms with E-state index in [4.69, 9.17) is 0 Å². The molecule has 0 bridgehead atoms. The molecular weight excluding hydrogens is 186 g/mol. The maximum Gasteiger partial charge on any atom is 0.325 e. The molecule has 1 aromatic rings. The molecule has 6 nitrogen and oxygen atoms in total. The normalized spacial score (nSPS) is 9.50. The molecule has 1 amide bonds. The van der Waals surface area contributed by atoms with Crippen molar-refractivity contribution in [3.05, 3.63) is 18.0 Å². The lowest BCUT2D eigenvalue weighted by Crippen LogP contribution is -2.31. The van der Waals surface area contributed by atoms with E-state index in [0.29, 0.717) is 5.69 Å². The van der Waals surface area contributed by atoms with Crippen LogP contribution in [0.5, 0.6) is 0 Å². The van der Waals surface area contributed by atoms with Crippen LogP contribution in [0, 0.1) is 0 Å². The van der Waals surface area contributed by atoms with Gasteiger partial charge in [0.2, 0.25) is 5.91 Å². The zero-order valence-corrected chi connectivity index (χ0v) is 7.74. The first-order valence-electron chi connectivity index (χ1n) is 4.04. The van der Waals surface area contributed by atoms with Gasteiger partial charge in [-0.3, -0.25) is 14.7 Å². The van der Waals surface area contributed by atoms with Gasteiger partial charge in [-0.25, -0.2) is 0 Å². The van der Waals surface area contributed by atoms with Gasteiger partial charge in [-0.1, -0.05) is 0 Å². The van der Waals surface area contributed by atoms with Crippen LogP contribution >= 0.6 is 0 Å². The highest BCUT2D eigenvalue weighted by Crippen LogP contribution is 1.92. The van der Waals surface area contributed by atoms with Crippen molar-refractivity contribution in [2.24, 2.45) is 0 Å². The number of rotatable bonds is 4. The molecule has 6 heteroatoms. The van der Waals surface area contributed by atoms with Crippen LogP contribution in [0.2, 0.25) is 0 Å². The molecule has 2 N–H and O–H groups in total. The Kier molecular flexibility index (Phi) is 3.66. The molecule has 0 aromatic carbocycles. The van der Waals surface area contributed by atoms with Crippen molar-refractivity contribution < 1.29 is 14.3 Å². The SMILES string of the molecule is COC(=O)CNC(=O)Cc1ccn[nH]1. The van der Waals surface area contributed by atoms with Crippen LogP contribution in [-0.4, -0.2) is 35.7 Å². The number of amides is 1. The Labute approximate surface area is 80.6 Å². The molecule has 1 rings (SSSR count). The first-order chi connectivity index (χ1) is 6.72. The van der Waals surface area contributed by atoms with Gasteiger partial charge in [-0.2, -0.15) is 5.10 Å². The molecule has 0 radical (unpaired) electrons. The fraction of sp³-hybridized carbons (Fsp3) is 0.375. The number of esters is 1. The Morgan fingerprint density at radius 1 is 1.64 bits per heavy atom. The van der Waals surface area contributed by atoms with Crippen LogP contribution in [-0.2, 0) is 20.7 Å². The second-order valence-electron chi connectivity index (χ2n) is 2.61. The van der Waals surface area contributed by atoms with E-state index < -0.39 is 5.97 Å². The van der Waals surface area contributed by atoms with Crippen LogP contribution in [0.1, 0.15) is 5.69 Å². The second kappa shape index (κ2) is 5.00. The van der Waals surface area contributed by atoms with Crippen molar-refractivity contribution >= 4 is 11.9 Å². The maximum atomic E-state index is 11.2. The minimum atomic E-state index is -0.469. The number of aromatic nitrogens is 2. The van der Waals surface area contributed by atoms with E-state index in [1.54, 1.807) is 12.3 Å². The molecule has 0 atom stereocenters. The minimum absolute atomic E-state index is 0.108. The molecule has 0 saturated carbocycles. The average Bonchev–Trinajstić information content (AvgIpc) is 2.66. The lowest BCUT2D eigenvalue weighted by Gasteiger charge is -2.01. The number of methoxy groups -OCH3 is 1. The monoisotopic (exact) mass is 197 g/mol. The molecule has 1 heterocycles. The first-order valence-corrected chi connectivity index (χ1v) is 4.04. The van der Waals surface area contributed by atoms with E-state index in [1.807, 2.05) is 0 Å². The van der Waals surface area contributed by atoms with Crippen LogP contribution in [0.3, 0.4) is 0 Å². The van der Waals surface area contributed by atoms with E-state index in [9.17, 15) is 9.59 Å². The fourth-order valence-electron chi connectivity index (χ4n) is 0.862. The smallest absolute Gasteiger partial charge is 0.325 e. The van der Waals surface area contributed by atoms with Gasteiger partial charge in [-0.05, 0) is 6.07 Å². The molecule has 14 heavy (non-hydrogen) atoms. The molecule has 0 saturated heterocycles. The summed E-state index contributed by atoms with van der Waals surface area (Å²) in [4.78, 5) is 21.8. The maximum absolute atomic E-state index is 11.2. The fourth-order valence-corrected chi connectivity index (χ4v) is 0.862. The summed E-state index contributed by atoms with van der Waals surface area (Å²) in [5.74, 6) is -0.720. The molecule has 0 fully saturated rings. The zero-order chi connectivity index (χ0) is 10.4. The molecule has 0 spiro atoms. The van der Waals surface area contributed by atoms with Gasteiger partial charge in [0.05, 0.1) is 13.5 Å². The van der Waals surface area contributed by atoms with Gasteiger partial charge in [0, 0.05) is 11.9 Å². The molecule has 0 aliphatic heterocycles. The number of H-pyrrole nitrogens is 1. The average molecular weight is 197 g/mol. The number of carbonyl (C=O) groups excluding carboxylic acids is 2. The van der Waals surface area contributed by atoms with Crippen molar-refractivity contribution in [1.29, 1.82) is 0 Å². The van der Waals surface area contributed by atoms with E-state index in [1.165, 1.54) is 7.11 Å². The van der Waals surface area contributed by atoms with Gasteiger partial charge in [-0.15, -0.1) is 0 Å². The van der Waals surface area contributed by atoms with E-state index in [-0.39, 0.29) is 18.9 Å². The molecule has 0 aliphatic rings. The number of carbonyl (C=O) groups is 2. The molecule has 1 aromatic heterocycles. The van der Waals surface area contributed by atoms with Crippen molar-refractivity contribution in [3.8, 4) is 0 Å². The van der Waals surface area contributed by atoms with Gasteiger partial charge < -0.3 is 10.1 Å². The second-order valence-corrected chi connectivity index (χ2v) is 2.61. The first kappa shape index (κ1) is 10.2. The van der Waals surface area contributed by atoms with Crippen LogP contribution < -0.4 is 5.32 Å². The van der Waals surface area contributed by atoms with Gasteiger partial charge in [0.15, 0.2) is 0 Å². The Balaban J connectivity index is 2.26. The van der Waals surface area contributed by atoms with Crippen LogP contribution in [0.25, 0.3) is 0 Å². The number of nitrogens with one attached hydrogen (secondary N) is 2. The summed E-state index contributed by atoms with van der Waals surface area (Å²) in [6.45, 7) is -0.108. The van der Waals surface area contributed by atoms with Crippen LogP contribution in [0.4, 0.5) is 0 Å². The van der Waals surface area contributed by atoms with Gasteiger partial charge in [0.1, 0.15) is 6.54 Å². The predicted molar refractivity (Wildman–Crippen MR) is 47.3 cm³/mol. The number of aromatic amines is 1. The zero-order valence-electron chi connectivity index (χ0n) is 7.74. The Hall–Kier alpha value is -1.85. The Bertz CT molecular complexity index is 308. The predicted octanol–water partition coefficient (Wildman–Crippen LogP) is -0.759. The van der Waals surface area contributed by atoms with Crippen LogP contribution in [0.15, 0.2) is 12.3 Å².